The molecule has 2 heterocycles. The quantitative estimate of drug-likeness (QED) is 0.816. The summed E-state index contributed by atoms with van der Waals surface area (Å²) in [5, 5.41) is 10.1. The molecular formula is C12H14BrN3O3. The highest BCUT2D eigenvalue weighted by Crippen LogP contribution is 2.24. The molecule has 0 aromatic carbocycles. The summed E-state index contributed by atoms with van der Waals surface area (Å²) in [6.45, 7) is 0.416. The molecule has 0 spiro atoms. The number of primary amides is 1. The first-order chi connectivity index (χ1) is 8.94. The van der Waals surface area contributed by atoms with Gasteiger partial charge < -0.3 is 15.7 Å². The first-order valence-corrected chi connectivity index (χ1v) is 6.64. The van der Waals surface area contributed by atoms with Crippen molar-refractivity contribution in [2.75, 3.05) is 13.1 Å². The Kier molecular flexibility index (Phi) is 3.86. The third-order valence-electron chi connectivity index (χ3n) is 3.22. The highest BCUT2D eigenvalue weighted by atomic mass is 79.9. The monoisotopic (exact) mass is 327 g/mol. The number of nitrogens with zero attached hydrogens (tertiary/aromatic N) is 2. The van der Waals surface area contributed by atoms with Crippen molar-refractivity contribution in [3.8, 4) is 0 Å². The second-order valence-electron chi connectivity index (χ2n) is 4.58. The van der Waals surface area contributed by atoms with E-state index in [9.17, 15) is 14.7 Å². The highest BCUT2D eigenvalue weighted by molar-refractivity contribution is 9.10. The van der Waals surface area contributed by atoms with Crippen molar-refractivity contribution < 1.29 is 14.7 Å². The summed E-state index contributed by atoms with van der Waals surface area (Å²) in [5.74, 6) is -1.05. The Hall–Kier alpha value is -1.47. The van der Waals surface area contributed by atoms with Gasteiger partial charge in [0.1, 0.15) is 0 Å². The van der Waals surface area contributed by atoms with E-state index in [4.69, 9.17) is 5.73 Å². The number of amides is 2. The van der Waals surface area contributed by atoms with Gasteiger partial charge in [-0.25, -0.2) is 0 Å². The fourth-order valence-corrected chi connectivity index (χ4v) is 2.55. The average Bonchev–Trinajstić information content (AvgIpc) is 2.38. The molecule has 0 aliphatic carbocycles. The van der Waals surface area contributed by atoms with Crippen LogP contribution in [0.25, 0.3) is 0 Å². The van der Waals surface area contributed by atoms with Crippen LogP contribution in [0.1, 0.15) is 23.2 Å². The zero-order chi connectivity index (χ0) is 14.0. The molecule has 0 saturated carbocycles. The van der Waals surface area contributed by atoms with E-state index in [2.05, 4.69) is 20.9 Å². The van der Waals surface area contributed by atoms with Crippen LogP contribution in [0.5, 0.6) is 0 Å². The van der Waals surface area contributed by atoms with Gasteiger partial charge >= 0.3 is 0 Å². The molecule has 1 aliphatic rings. The number of aromatic nitrogens is 1. The summed E-state index contributed by atoms with van der Waals surface area (Å²) in [6, 6.07) is 1.59. The molecule has 1 aromatic heterocycles. The molecule has 1 aliphatic heterocycles. The molecule has 7 heteroatoms. The number of rotatable bonds is 2. The van der Waals surface area contributed by atoms with E-state index in [1.807, 2.05) is 0 Å². The van der Waals surface area contributed by atoms with Crippen LogP contribution in [0.15, 0.2) is 22.9 Å². The summed E-state index contributed by atoms with van der Waals surface area (Å²) >= 11 is 3.26. The van der Waals surface area contributed by atoms with Crippen molar-refractivity contribution >= 4 is 27.7 Å². The van der Waals surface area contributed by atoms with E-state index in [1.54, 1.807) is 6.07 Å². The molecular weight excluding hydrogens is 314 g/mol. The van der Waals surface area contributed by atoms with Crippen LogP contribution in [0.3, 0.4) is 0 Å². The topological polar surface area (TPSA) is 96.5 Å². The lowest BCUT2D eigenvalue weighted by molar-refractivity contribution is -0.140. The van der Waals surface area contributed by atoms with E-state index < -0.39 is 11.5 Å². The predicted molar refractivity (Wildman–Crippen MR) is 71.2 cm³/mol. The fraction of sp³-hybridized carbons (Fsp3) is 0.417. The van der Waals surface area contributed by atoms with Crippen molar-refractivity contribution in [2.45, 2.75) is 18.4 Å². The van der Waals surface area contributed by atoms with Crippen LogP contribution in [-0.2, 0) is 4.79 Å². The molecule has 1 saturated heterocycles. The van der Waals surface area contributed by atoms with Gasteiger partial charge in [-0.1, -0.05) is 0 Å². The Morgan fingerprint density at radius 1 is 1.53 bits per heavy atom. The van der Waals surface area contributed by atoms with E-state index in [1.165, 1.54) is 17.3 Å². The van der Waals surface area contributed by atoms with Gasteiger partial charge in [-0.15, -0.1) is 0 Å². The molecule has 0 bridgehead atoms. The zero-order valence-corrected chi connectivity index (χ0v) is 11.8. The Bertz CT molecular complexity index is 523. The number of carbonyl (C=O) groups is 2. The normalized spacial score (nSPS) is 23.2. The molecule has 1 atom stereocenters. The van der Waals surface area contributed by atoms with Gasteiger partial charge in [0.15, 0.2) is 5.60 Å². The predicted octanol–water partition coefficient (Wildman–Crippen LogP) is 0.297. The molecule has 1 aromatic rings. The molecule has 102 valence electrons. The number of carbonyl (C=O) groups excluding carboxylic acids is 2. The number of hydrogen-bond donors (Lipinski definition) is 2. The van der Waals surface area contributed by atoms with Gasteiger partial charge in [0.25, 0.3) is 11.8 Å². The Labute approximate surface area is 118 Å². The van der Waals surface area contributed by atoms with Gasteiger partial charge in [-0.3, -0.25) is 14.6 Å². The Morgan fingerprint density at radius 2 is 2.26 bits per heavy atom. The van der Waals surface area contributed by atoms with Crippen molar-refractivity contribution in [1.82, 2.24) is 9.88 Å². The largest absolute Gasteiger partial charge is 0.378 e. The standard InChI is InChI=1S/C12H14BrN3O3/c13-9-6-15-4-2-8(9)10(17)16-5-1-3-12(19,7-16)11(14)18/h2,4,6,19H,1,3,5,7H2,(H2,14,18)/t12-/m1/s1. The summed E-state index contributed by atoms with van der Waals surface area (Å²) in [7, 11) is 0. The number of piperidine rings is 1. The lowest BCUT2D eigenvalue weighted by Gasteiger charge is -2.37. The molecule has 2 amide bonds. The minimum atomic E-state index is -1.63. The summed E-state index contributed by atoms with van der Waals surface area (Å²) in [4.78, 5) is 28.9. The highest BCUT2D eigenvalue weighted by Gasteiger charge is 2.40. The summed E-state index contributed by atoms with van der Waals surface area (Å²) in [5.41, 5.74) is 4.00. The van der Waals surface area contributed by atoms with Gasteiger partial charge in [-0.05, 0) is 34.8 Å². The van der Waals surface area contributed by atoms with E-state index in [0.717, 1.165) is 0 Å². The van der Waals surface area contributed by atoms with Gasteiger partial charge in [-0.2, -0.15) is 0 Å². The van der Waals surface area contributed by atoms with Crippen molar-refractivity contribution in [1.29, 1.82) is 0 Å². The third kappa shape index (κ3) is 2.76. The molecule has 1 fully saturated rings. The number of aliphatic hydroxyl groups is 1. The van der Waals surface area contributed by atoms with Crippen LogP contribution >= 0.6 is 15.9 Å². The number of hydrogen-bond acceptors (Lipinski definition) is 4. The second-order valence-corrected chi connectivity index (χ2v) is 5.44. The number of likely N-dealkylation sites (tertiary alicyclic amines) is 1. The molecule has 3 N–H and O–H groups in total. The van der Waals surface area contributed by atoms with E-state index >= 15 is 0 Å². The number of nitrogens with two attached hydrogens (primary N) is 1. The molecule has 2 rings (SSSR count). The van der Waals surface area contributed by atoms with Crippen LogP contribution in [0.4, 0.5) is 0 Å². The van der Waals surface area contributed by atoms with Crippen molar-refractivity contribution in [3.63, 3.8) is 0 Å². The number of pyridine rings is 1. The fourth-order valence-electron chi connectivity index (χ4n) is 2.13. The first kappa shape index (κ1) is 14.0. The third-order valence-corrected chi connectivity index (χ3v) is 3.85. The first-order valence-electron chi connectivity index (χ1n) is 5.85. The lowest BCUT2D eigenvalue weighted by Crippen LogP contribution is -2.57. The lowest BCUT2D eigenvalue weighted by atomic mass is 9.92. The molecule has 6 nitrogen and oxygen atoms in total. The van der Waals surface area contributed by atoms with Crippen molar-refractivity contribution in [3.05, 3.63) is 28.5 Å². The average molecular weight is 328 g/mol. The molecule has 19 heavy (non-hydrogen) atoms. The van der Waals surface area contributed by atoms with Crippen LogP contribution in [-0.4, -0.2) is 45.5 Å². The molecule has 0 unspecified atom stereocenters. The van der Waals surface area contributed by atoms with Crippen LogP contribution < -0.4 is 5.73 Å². The van der Waals surface area contributed by atoms with Crippen molar-refractivity contribution in [2.24, 2.45) is 5.73 Å². The van der Waals surface area contributed by atoms with Gasteiger partial charge in [0, 0.05) is 23.4 Å². The maximum atomic E-state index is 12.3. The minimum Gasteiger partial charge on any atom is -0.378 e. The maximum absolute atomic E-state index is 12.3. The maximum Gasteiger partial charge on any atom is 0.255 e. The van der Waals surface area contributed by atoms with E-state index in [0.29, 0.717) is 23.0 Å². The van der Waals surface area contributed by atoms with Crippen LogP contribution in [0, 0.1) is 0 Å². The summed E-state index contributed by atoms with van der Waals surface area (Å²) < 4.78 is 0.577. The minimum absolute atomic E-state index is 0.0735. The molecule has 0 radical (unpaired) electrons. The summed E-state index contributed by atoms with van der Waals surface area (Å²) in [6.07, 6.45) is 3.86. The smallest absolute Gasteiger partial charge is 0.255 e. The van der Waals surface area contributed by atoms with Gasteiger partial charge in [0.05, 0.1) is 12.1 Å². The Morgan fingerprint density at radius 3 is 2.89 bits per heavy atom. The number of halogens is 1. The SMILES string of the molecule is NC(=O)[C@@]1(O)CCCN(C(=O)c2ccncc2Br)C1. The van der Waals surface area contributed by atoms with Crippen LogP contribution in [0.2, 0.25) is 0 Å². The number of β-amino-alcohol motifs (C(OH)–C–C–N with tert-alkyl or cyclic N) is 1. The second kappa shape index (κ2) is 5.26. The van der Waals surface area contributed by atoms with Gasteiger partial charge in [0.2, 0.25) is 0 Å². The van der Waals surface area contributed by atoms with E-state index in [-0.39, 0.29) is 18.9 Å². The zero-order valence-electron chi connectivity index (χ0n) is 10.2. The Balaban J connectivity index is 2.21.